The first-order valence-corrected chi connectivity index (χ1v) is 6.62. The Morgan fingerprint density at radius 1 is 1.10 bits per heavy atom. The van der Waals surface area contributed by atoms with E-state index in [1.54, 1.807) is 6.07 Å². The van der Waals surface area contributed by atoms with Crippen LogP contribution in [0, 0.1) is 17.5 Å². The standard InChI is InChI=1S/C15H13ClF3NO/c16-11-5-4-9(6-13(11)18)14(8-21)20-7-10-2-1-3-12(17)15(10)19/h1-6,14,20-21H,7-8H2. The molecule has 2 aromatic rings. The highest BCUT2D eigenvalue weighted by Crippen LogP contribution is 2.21. The van der Waals surface area contributed by atoms with Crippen molar-refractivity contribution in [1.29, 1.82) is 0 Å². The zero-order valence-corrected chi connectivity index (χ0v) is 11.7. The number of hydrogen-bond donors (Lipinski definition) is 2. The number of nitrogens with one attached hydrogen (secondary N) is 1. The first-order valence-electron chi connectivity index (χ1n) is 6.25. The van der Waals surface area contributed by atoms with Gasteiger partial charge in [0.25, 0.3) is 0 Å². The minimum absolute atomic E-state index is 0.000927. The van der Waals surface area contributed by atoms with E-state index in [1.165, 1.54) is 24.3 Å². The molecule has 0 bridgehead atoms. The van der Waals surface area contributed by atoms with Gasteiger partial charge in [-0.2, -0.15) is 0 Å². The van der Waals surface area contributed by atoms with Crippen molar-refractivity contribution < 1.29 is 18.3 Å². The second kappa shape index (κ2) is 6.93. The van der Waals surface area contributed by atoms with E-state index in [2.05, 4.69) is 5.32 Å². The highest BCUT2D eigenvalue weighted by Gasteiger charge is 2.14. The molecule has 112 valence electrons. The highest BCUT2D eigenvalue weighted by atomic mass is 35.5. The van der Waals surface area contributed by atoms with Crippen LogP contribution >= 0.6 is 11.6 Å². The fourth-order valence-corrected chi connectivity index (χ4v) is 2.05. The van der Waals surface area contributed by atoms with E-state index in [-0.39, 0.29) is 23.7 Å². The average Bonchev–Trinajstić information content (AvgIpc) is 2.47. The Bertz CT molecular complexity index is 636. The van der Waals surface area contributed by atoms with Crippen LogP contribution in [-0.2, 0) is 6.54 Å². The lowest BCUT2D eigenvalue weighted by Crippen LogP contribution is -2.24. The van der Waals surface area contributed by atoms with Gasteiger partial charge in [0.1, 0.15) is 5.82 Å². The van der Waals surface area contributed by atoms with Gasteiger partial charge in [-0.25, -0.2) is 13.2 Å². The molecule has 0 heterocycles. The van der Waals surface area contributed by atoms with Crippen LogP contribution in [-0.4, -0.2) is 11.7 Å². The molecule has 0 spiro atoms. The van der Waals surface area contributed by atoms with Crippen molar-refractivity contribution in [2.24, 2.45) is 0 Å². The second-order valence-electron chi connectivity index (χ2n) is 4.50. The van der Waals surface area contributed by atoms with Crippen molar-refractivity contribution >= 4 is 11.6 Å². The molecule has 0 aliphatic rings. The number of aliphatic hydroxyl groups excluding tert-OH is 1. The van der Waals surface area contributed by atoms with Gasteiger partial charge in [-0.05, 0) is 23.8 Å². The maximum absolute atomic E-state index is 13.5. The average molecular weight is 316 g/mol. The molecule has 0 saturated carbocycles. The van der Waals surface area contributed by atoms with Gasteiger partial charge in [-0.15, -0.1) is 0 Å². The van der Waals surface area contributed by atoms with Crippen molar-refractivity contribution in [2.75, 3.05) is 6.61 Å². The maximum Gasteiger partial charge on any atom is 0.163 e. The molecule has 0 radical (unpaired) electrons. The number of hydrogen-bond acceptors (Lipinski definition) is 2. The molecular formula is C15H13ClF3NO. The van der Waals surface area contributed by atoms with E-state index in [0.717, 1.165) is 6.07 Å². The number of halogens is 4. The minimum Gasteiger partial charge on any atom is -0.394 e. The first kappa shape index (κ1) is 15.8. The number of rotatable bonds is 5. The lowest BCUT2D eigenvalue weighted by Gasteiger charge is -2.17. The van der Waals surface area contributed by atoms with E-state index < -0.39 is 23.5 Å². The monoisotopic (exact) mass is 315 g/mol. The molecule has 0 aliphatic heterocycles. The highest BCUT2D eigenvalue weighted by molar-refractivity contribution is 6.30. The van der Waals surface area contributed by atoms with E-state index in [1.807, 2.05) is 0 Å². The lowest BCUT2D eigenvalue weighted by molar-refractivity contribution is 0.243. The van der Waals surface area contributed by atoms with E-state index in [4.69, 9.17) is 11.6 Å². The van der Waals surface area contributed by atoms with Crippen molar-refractivity contribution in [3.63, 3.8) is 0 Å². The molecule has 6 heteroatoms. The van der Waals surface area contributed by atoms with Gasteiger partial charge >= 0.3 is 0 Å². The third kappa shape index (κ3) is 3.75. The lowest BCUT2D eigenvalue weighted by atomic mass is 10.1. The molecule has 2 aromatic carbocycles. The zero-order chi connectivity index (χ0) is 15.4. The van der Waals surface area contributed by atoms with Crippen LogP contribution in [0.4, 0.5) is 13.2 Å². The molecule has 2 rings (SSSR count). The Labute approximate surface area is 125 Å². The van der Waals surface area contributed by atoms with Crippen LogP contribution in [0.25, 0.3) is 0 Å². The summed E-state index contributed by atoms with van der Waals surface area (Å²) in [6.45, 7) is -0.322. The van der Waals surface area contributed by atoms with Crippen LogP contribution in [0.15, 0.2) is 36.4 Å². The zero-order valence-electron chi connectivity index (χ0n) is 10.9. The van der Waals surface area contributed by atoms with Crippen molar-refractivity contribution in [1.82, 2.24) is 5.32 Å². The molecule has 0 aliphatic carbocycles. The normalized spacial score (nSPS) is 12.4. The Morgan fingerprint density at radius 2 is 1.86 bits per heavy atom. The summed E-state index contributed by atoms with van der Waals surface area (Å²) in [5.74, 6) is -2.48. The van der Waals surface area contributed by atoms with Crippen molar-refractivity contribution in [2.45, 2.75) is 12.6 Å². The summed E-state index contributed by atoms with van der Waals surface area (Å²) in [7, 11) is 0. The predicted molar refractivity (Wildman–Crippen MR) is 74.4 cm³/mol. The predicted octanol–water partition coefficient (Wildman–Crippen LogP) is 3.58. The molecule has 2 nitrogen and oxygen atoms in total. The molecule has 1 unspecified atom stereocenters. The van der Waals surface area contributed by atoms with Crippen LogP contribution in [0.2, 0.25) is 5.02 Å². The Hall–Kier alpha value is -1.56. The van der Waals surface area contributed by atoms with Gasteiger partial charge in [-0.3, -0.25) is 0 Å². The third-order valence-corrected chi connectivity index (χ3v) is 3.41. The summed E-state index contributed by atoms with van der Waals surface area (Å²) < 4.78 is 40.0. The third-order valence-electron chi connectivity index (χ3n) is 3.10. The summed E-state index contributed by atoms with van der Waals surface area (Å²) in [5.41, 5.74) is 0.596. The van der Waals surface area contributed by atoms with Crippen molar-refractivity contribution in [3.05, 3.63) is 70.0 Å². The first-order chi connectivity index (χ1) is 10.0. The smallest absolute Gasteiger partial charge is 0.163 e. The topological polar surface area (TPSA) is 32.3 Å². The molecule has 0 amide bonds. The van der Waals surface area contributed by atoms with E-state index in [9.17, 15) is 18.3 Å². The van der Waals surface area contributed by atoms with Gasteiger partial charge in [-0.1, -0.05) is 29.8 Å². The quantitative estimate of drug-likeness (QED) is 0.884. The van der Waals surface area contributed by atoms with Gasteiger partial charge in [0, 0.05) is 12.1 Å². The van der Waals surface area contributed by atoms with E-state index in [0.29, 0.717) is 5.56 Å². The molecular weight excluding hydrogens is 303 g/mol. The molecule has 21 heavy (non-hydrogen) atoms. The van der Waals surface area contributed by atoms with Crippen molar-refractivity contribution in [3.8, 4) is 0 Å². The van der Waals surface area contributed by atoms with E-state index >= 15 is 0 Å². The summed E-state index contributed by atoms with van der Waals surface area (Å²) >= 11 is 5.59. The van der Waals surface area contributed by atoms with Crippen LogP contribution < -0.4 is 5.32 Å². The molecule has 2 N–H and O–H groups in total. The van der Waals surface area contributed by atoms with Gasteiger partial charge in [0.15, 0.2) is 11.6 Å². The summed E-state index contributed by atoms with van der Waals surface area (Å²) in [6, 6.07) is 7.36. The molecule has 0 saturated heterocycles. The van der Waals surface area contributed by atoms with Gasteiger partial charge in [0.05, 0.1) is 17.7 Å². The van der Waals surface area contributed by atoms with Gasteiger partial charge in [0.2, 0.25) is 0 Å². The van der Waals surface area contributed by atoms with Crippen LogP contribution in [0.3, 0.4) is 0 Å². The Balaban J connectivity index is 2.12. The summed E-state index contributed by atoms with van der Waals surface area (Å²) in [4.78, 5) is 0. The molecule has 0 fully saturated rings. The fraction of sp³-hybridized carbons (Fsp3) is 0.200. The maximum atomic E-state index is 13.5. The Kier molecular flexibility index (Phi) is 5.22. The minimum atomic E-state index is -0.941. The number of benzene rings is 2. The van der Waals surface area contributed by atoms with Crippen LogP contribution in [0.5, 0.6) is 0 Å². The van der Waals surface area contributed by atoms with Crippen LogP contribution in [0.1, 0.15) is 17.2 Å². The summed E-state index contributed by atoms with van der Waals surface area (Å²) in [6.07, 6.45) is 0. The SMILES string of the molecule is OCC(NCc1cccc(F)c1F)c1ccc(Cl)c(F)c1. The number of aliphatic hydroxyl groups is 1. The largest absolute Gasteiger partial charge is 0.394 e. The van der Waals surface area contributed by atoms with Gasteiger partial charge < -0.3 is 10.4 Å². The fourth-order valence-electron chi connectivity index (χ4n) is 1.94. The Morgan fingerprint density at radius 3 is 2.52 bits per heavy atom. The second-order valence-corrected chi connectivity index (χ2v) is 4.91. The summed E-state index contributed by atoms with van der Waals surface area (Å²) in [5, 5.41) is 12.2. The molecule has 0 aromatic heterocycles. The molecule has 1 atom stereocenters.